The van der Waals surface area contributed by atoms with E-state index >= 15 is 0 Å². The number of hydrogen-bond donors (Lipinski definition) is 0. The highest BCUT2D eigenvalue weighted by atomic mass is 35.5. The summed E-state index contributed by atoms with van der Waals surface area (Å²) in [7, 11) is 0. The summed E-state index contributed by atoms with van der Waals surface area (Å²) in [5, 5.41) is 10.7. The van der Waals surface area contributed by atoms with Gasteiger partial charge in [0.05, 0.1) is 29.7 Å². The predicted octanol–water partition coefficient (Wildman–Crippen LogP) is 2.11. The lowest BCUT2D eigenvalue weighted by Gasteiger charge is -2.33. The van der Waals surface area contributed by atoms with Crippen molar-refractivity contribution in [2.24, 2.45) is 0 Å². The van der Waals surface area contributed by atoms with Crippen LogP contribution in [-0.2, 0) is 4.74 Å². The van der Waals surface area contributed by atoms with E-state index in [0.29, 0.717) is 19.8 Å². The molecule has 0 N–H and O–H groups in total. The van der Waals surface area contributed by atoms with Gasteiger partial charge in [-0.05, 0) is 13.0 Å². The summed E-state index contributed by atoms with van der Waals surface area (Å²) in [5.41, 5.74) is -0.0990. The van der Waals surface area contributed by atoms with Crippen LogP contribution < -0.4 is 0 Å². The van der Waals surface area contributed by atoms with Gasteiger partial charge in [-0.3, -0.25) is 14.9 Å². The average Bonchev–Trinajstić information content (AvgIpc) is 2.38. The van der Waals surface area contributed by atoms with E-state index in [2.05, 4.69) is 0 Å². The number of rotatable bonds is 2. The molecule has 1 fully saturated rings. The van der Waals surface area contributed by atoms with Gasteiger partial charge in [0.15, 0.2) is 0 Å². The van der Waals surface area contributed by atoms with Gasteiger partial charge in [-0.1, -0.05) is 17.7 Å². The van der Waals surface area contributed by atoms with Crippen molar-refractivity contribution in [3.63, 3.8) is 0 Å². The standard InChI is InChI=1S/C12H13ClN2O4/c1-8-7-19-6-5-14(8)12(16)9-3-2-4-10(11(9)13)15(17)18/h2-4,8H,5-7H2,1H3/t8-/m1/s1. The zero-order valence-electron chi connectivity index (χ0n) is 10.3. The summed E-state index contributed by atoms with van der Waals surface area (Å²) in [6, 6.07) is 4.17. The number of halogens is 1. The molecule has 0 radical (unpaired) electrons. The Bertz CT molecular complexity index is 520. The minimum Gasteiger partial charge on any atom is -0.377 e. The van der Waals surface area contributed by atoms with Gasteiger partial charge < -0.3 is 9.64 Å². The lowest BCUT2D eigenvalue weighted by molar-refractivity contribution is -0.384. The monoisotopic (exact) mass is 284 g/mol. The Hall–Kier alpha value is -1.66. The van der Waals surface area contributed by atoms with Gasteiger partial charge in [-0.25, -0.2) is 0 Å². The highest BCUT2D eigenvalue weighted by Crippen LogP contribution is 2.29. The highest BCUT2D eigenvalue weighted by Gasteiger charge is 2.28. The van der Waals surface area contributed by atoms with Crippen LogP contribution in [0.25, 0.3) is 0 Å². The largest absolute Gasteiger partial charge is 0.377 e. The fourth-order valence-corrected chi connectivity index (χ4v) is 2.29. The minimum absolute atomic E-state index is 0.0726. The summed E-state index contributed by atoms with van der Waals surface area (Å²) >= 11 is 5.95. The number of carbonyl (C=O) groups excluding carboxylic acids is 1. The molecule has 1 saturated heterocycles. The molecule has 1 amide bonds. The van der Waals surface area contributed by atoms with Crippen LogP contribution in [0.5, 0.6) is 0 Å². The lowest BCUT2D eigenvalue weighted by Crippen LogP contribution is -2.47. The third-order valence-corrected chi connectivity index (χ3v) is 3.43. The maximum Gasteiger partial charge on any atom is 0.288 e. The first kappa shape index (κ1) is 13.8. The number of carbonyl (C=O) groups is 1. The van der Waals surface area contributed by atoms with Crippen LogP contribution in [0.3, 0.4) is 0 Å². The normalized spacial score (nSPS) is 19.3. The number of morpholine rings is 1. The van der Waals surface area contributed by atoms with Crippen molar-refractivity contribution in [2.75, 3.05) is 19.8 Å². The first-order chi connectivity index (χ1) is 9.02. The molecule has 0 aliphatic carbocycles. The maximum absolute atomic E-state index is 12.4. The van der Waals surface area contributed by atoms with Gasteiger partial charge in [-0.15, -0.1) is 0 Å². The van der Waals surface area contributed by atoms with Crippen LogP contribution in [0.1, 0.15) is 17.3 Å². The van der Waals surface area contributed by atoms with Crippen molar-refractivity contribution >= 4 is 23.2 Å². The molecule has 0 spiro atoms. The predicted molar refractivity (Wildman–Crippen MR) is 69.4 cm³/mol. The zero-order chi connectivity index (χ0) is 14.0. The van der Waals surface area contributed by atoms with E-state index in [4.69, 9.17) is 16.3 Å². The third-order valence-electron chi connectivity index (χ3n) is 3.03. The second-order valence-electron chi connectivity index (χ2n) is 4.32. The molecule has 0 unspecified atom stereocenters. The van der Waals surface area contributed by atoms with Crippen molar-refractivity contribution in [2.45, 2.75) is 13.0 Å². The number of nitro benzene ring substituents is 1. The van der Waals surface area contributed by atoms with Crippen molar-refractivity contribution in [1.29, 1.82) is 0 Å². The molecule has 1 aromatic rings. The van der Waals surface area contributed by atoms with Crippen LogP contribution in [0.15, 0.2) is 18.2 Å². The molecule has 0 bridgehead atoms. The Morgan fingerprint density at radius 1 is 1.58 bits per heavy atom. The van der Waals surface area contributed by atoms with Crippen LogP contribution in [0, 0.1) is 10.1 Å². The molecule has 6 nitrogen and oxygen atoms in total. The van der Waals surface area contributed by atoms with E-state index in [-0.39, 0.29) is 28.2 Å². The maximum atomic E-state index is 12.4. The number of hydrogen-bond acceptors (Lipinski definition) is 4. The summed E-state index contributed by atoms with van der Waals surface area (Å²) in [6.07, 6.45) is 0. The summed E-state index contributed by atoms with van der Waals surface area (Å²) < 4.78 is 5.26. The SMILES string of the molecule is C[C@@H]1COCCN1C(=O)c1cccc([N+](=O)[O-])c1Cl. The molecule has 1 atom stereocenters. The number of benzene rings is 1. The topological polar surface area (TPSA) is 72.7 Å². The molecule has 0 aromatic heterocycles. The van der Waals surface area contributed by atoms with Gasteiger partial charge in [-0.2, -0.15) is 0 Å². The van der Waals surface area contributed by atoms with Gasteiger partial charge in [0.2, 0.25) is 0 Å². The second-order valence-corrected chi connectivity index (χ2v) is 4.70. The number of nitrogens with zero attached hydrogens (tertiary/aromatic N) is 2. The van der Waals surface area contributed by atoms with Crippen LogP contribution >= 0.6 is 11.6 Å². The van der Waals surface area contributed by atoms with Crippen LogP contribution in [0.4, 0.5) is 5.69 Å². The van der Waals surface area contributed by atoms with E-state index in [9.17, 15) is 14.9 Å². The minimum atomic E-state index is -0.595. The Balaban J connectivity index is 2.33. The first-order valence-electron chi connectivity index (χ1n) is 5.84. The Morgan fingerprint density at radius 2 is 2.32 bits per heavy atom. The van der Waals surface area contributed by atoms with Crippen molar-refractivity contribution in [1.82, 2.24) is 4.90 Å². The molecule has 1 aliphatic rings. The molecule has 19 heavy (non-hydrogen) atoms. The fourth-order valence-electron chi connectivity index (χ4n) is 2.01. The number of amides is 1. The Morgan fingerprint density at radius 3 is 2.95 bits per heavy atom. The number of nitro groups is 1. The van der Waals surface area contributed by atoms with Gasteiger partial charge >= 0.3 is 0 Å². The first-order valence-corrected chi connectivity index (χ1v) is 6.21. The second kappa shape index (κ2) is 5.54. The van der Waals surface area contributed by atoms with E-state index in [1.54, 1.807) is 4.90 Å². The zero-order valence-corrected chi connectivity index (χ0v) is 11.1. The van der Waals surface area contributed by atoms with E-state index in [1.807, 2.05) is 6.92 Å². The van der Waals surface area contributed by atoms with Gasteiger partial charge in [0, 0.05) is 12.6 Å². The smallest absolute Gasteiger partial charge is 0.288 e. The summed E-state index contributed by atoms with van der Waals surface area (Å²) in [4.78, 5) is 24.2. The molecule has 1 heterocycles. The molecule has 2 rings (SSSR count). The van der Waals surface area contributed by atoms with Crippen molar-refractivity contribution in [3.8, 4) is 0 Å². The number of ether oxygens (including phenoxy) is 1. The highest BCUT2D eigenvalue weighted by molar-refractivity contribution is 6.35. The molecular formula is C12H13ClN2O4. The van der Waals surface area contributed by atoms with Crippen molar-refractivity contribution in [3.05, 3.63) is 38.9 Å². The molecule has 1 aliphatic heterocycles. The molecule has 0 saturated carbocycles. The van der Waals surface area contributed by atoms with E-state index in [1.165, 1.54) is 18.2 Å². The quantitative estimate of drug-likeness (QED) is 0.616. The van der Waals surface area contributed by atoms with Crippen LogP contribution in [0.2, 0.25) is 5.02 Å². The molecule has 1 aromatic carbocycles. The Kier molecular flexibility index (Phi) is 4.01. The lowest BCUT2D eigenvalue weighted by atomic mass is 10.1. The third kappa shape index (κ3) is 2.69. The van der Waals surface area contributed by atoms with Crippen molar-refractivity contribution < 1.29 is 14.5 Å². The fraction of sp³-hybridized carbons (Fsp3) is 0.417. The van der Waals surface area contributed by atoms with Gasteiger partial charge in [0.1, 0.15) is 5.02 Å². The molecule has 7 heteroatoms. The average molecular weight is 285 g/mol. The van der Waals surface area contributed by atoms with Crippen LogP contribution in [-0.4, -0.2) is 41.5 Å². The molecule has 102 valence electrons. The summed E-state index contributed by atoms with van der Waals surface area (Å²) in [5.74, 6) is -0.301. The summed E-state index contributed by atoms with van der Waals surface area (Å²) in [6.45, 7) is 3.24. The molecular weight excluding hydrogens is 272 g/mol. The Labute approximate surface area is 115 Å². The van der Waals surface area contributed by atoms with E-state index < -0.39 is 4.92 Å². The van der Waals surface area contributed by atoms with Gasteiger partial charge in [0.25, 0.3) is 11.6 Å². The van der Waals surface area contributed by atoms with E-state index in [0.717, 1.165) is 0 Å².